The summed E-state index contributed by atoms with van der Waals surface area (Å²) in [7, 11) is 0. The zero-order valence-corrected chi connectivity index (χ0v) is 13.2. The van der Waals surface area contributed by atoms with E-state index < -0.39 is 11.8 Å². The molecule has 0 fully saturated rings. The lowest BCUT2D eigenvalue weighted by molar-refractivity contribution is -0.269. The molecule has 1 N–H and O–H groups in total. The molecular formula is C16H11BrF3NO2. The highest BCUT2D eigenvalue weighted by atomic mass is 79.9. The van der Waals surface area contributed by atoms with Crippen LogP contribution in [0.15, 0.2) is 65.3 Å². The molecule has 7 heteroatoms. The van der Waals surface area contributed by atoms with E-state index in [4.69, 9.17) is 9.57 Å². The lowest BCUT2D eigenvalue weighted by atomic mass is 9.93. The highest BCUT2D eigenvalue weighted by molar-refractivity contribution is 9.11. The Hall–Kier alpha value is -1.99. The summed E-state index contributed by atoms with van der Waals surface area (Å²) in [6, 6.07) is 14.6. The molecule has 0 aliphatic carbocycles. The fourth-order valence-electron chi connectivity index (χ4n) is 2.21. The van der Waals surface area contributed by atoms with Crippen molar-refractivity contribution < 1.29 is 22.7 Å². The second-order valence-corrected chi connectivity index (χ2v) is 5.72. The summed E-state index contributed by atoms with van der Waals surface area (Å²) < 4.78 is 46.1. The number of hydroxylamine groups is 1. The quantitative estimate of drug-likeness (QED) is 0.753. The van der Waals surface area contributed by atoms with Crippen LogP contribution < -0.4 is 10.2 Å². The van der Waals surface area contributed by atoms with Crippen molar-refractivity contribution in [1.29, 1.82) is 0 Å². The van der Waals surface area contributed by atoms with E-state index in [0.717, 1.165) is 6.08 Å². The van der Waals surface area contributed by atoms with Gasteiger partial charge in [-0.25, -0.2) is 0 Å². The fourth-order valence-corrected chi connectivity index (χ4v) is 2.61. The van der Waals surface area contributed by atoms with E-state index in [-0.39, 0.29) is 10.2 Å². The van der Waals surface area contributed by atoms with Crippen molar-refractivity contribution in [2.75, 3.05) is 0 Å². The zero-order valence-electron chi connectivity index (χ0n) is 11.6. The van der Waals surface area contributed by atoms with Crippen LogP contribution in [-0.2, 0) is 10.4 Å². The van der Waals surface area contributed by atoms with Crippen LogP contribution in [0.3, 0.4) is 0 Å². The number of para-hydroxylation sites is 1. The Balaban J connectivity index is 1.89. The van der Waals surface area contributed by atoms with Crippen molar-refractivity contribution in [2.45, 2.75) is 11.8 Å². The Bertz CT molecular complexity index is 716. The van der Waals surface area contributed by atoms with E-state index in [1.165, 1.54) is 24.3 Å². The molecule has 0 amide bonds. The number of ether oxygens (including phenoxy) is 1. The van der Waals surface area contributed by atoms with E-state index >= 15 is 0 Å². The van der Waals surface area contributed by atoms with E-state index in [2.05, 4.69) is 21.4 Å². The molecule has 0 bridgehead atoms. The van der Waals surface area contributed by atoms with Crippen LogP contribution in [0.1, 0.15) is 5.56 Å². The van der Waals surface area contributed by atoms with Gasteiger partial charge < -0.3 is 4.74 Å². The second kappa shape index (κ2) is 5.90. The normalized spacial score (nSPS) is 20.8. The van der Waals surface area contributed by atoms with Crippen molar-refractivity contribution in [3.8, 4) is 11.5 Å². The van der Waals surface area contributed by atoms with Gasteiger partial charge in [-0.2, -0.15) is 13.2 Å². The molecule has 3 rings (SSSR count). The summed E-state index contributed by atoms with van der Waals surface area (Å²) in [5.74, 6) is 1.04. The number of benzene rings is 2. The summed E-state index contributed by atoms with van der Waals surface area (Å²) in [5.41, 5.74) is -0.383. The van der Waals surface area contributed by atoms with Crippen LogP contribution in [-0.4, -0.2) is 6.18 Å². The summed E-state index contributed by atoms with van der Waals surface area (Å²) in [6.07, 6.45) is -3.67. The summed E-state index contributed by atoms with van der Waals surface area (Å²) in [6.45, 7) is 0. The minimum Gasteiger partial charge on any atom is -0.457 e. The van der Waals surface area contributed by atoms with Crippen molar-refractivity contribution in [3.05, 3.63) is 70.8 Å². The highest BCUT2D eigenvalue weighted by Gasteiger charge is 2.59. The van der Waals surface area contributed by atoms with Crippen LogP contribution in [0, 0.1) is 0 Å². The van der Waals surface area contributed by atoms with Crippen molar-refractivity contribution in [2.24, 2.45) is 0 Å². The predicted octanol–water partition coefficient (Wildman–Crippen LogP) is 5.01. The van der Waals surface area contributed by atoms with Crippen molar-refractivity contribution in [1.82, 2.24) is 5.48 Å². The molecule has 1 atom stereocenters. The molecule has 0 aromatic heterocycles. The van der Waals surface area contributed by atoms with E-state index in [9.17, 15) is 13.2 Å². The number of hydrogen-bond donors (Lipinski definition) is 1. The number of nitrogens with one attached hydrogen (secondary N) is 1. The average Bonchev–Trinajstić information content (AvgIpc) is 2.92. The number of rotatable bonds is 3. The Morgan fingerprint density at radius 1 is 0.957 bits per heavy atom. The van der Waals surface area contributed by atoms with Gasteiger partial charge in [-0.1, -0.05) is 30.3 Å². The molecule has 0 unspecified atom stereocenters. The molecule has 0 spiro atoms. The molecule has 1 heterocycles. The van der Waals surface area contributed by atoms with Gasteiger partial charge in [0.05, 0.1) is 0 Å². The average molecular weight is 386 g/mol. The minimum absolute atomic E-state index is 0.0487. The molecule has 1 aliphatic rings. The first kappa shape index (κ1) is 15.9. The summed E-state index contributed by atoms with van der Waals surface area (Å²) in [5, 5.41) is 0. The summed E-state index contributed by atoms with van der Waals surface area (Å²) >= 11 is 2.96. The third-order valence-electron chi connectivity index (χ3n) is 3.32. The van der Waals surface area contributed by atoms with Crippen LogP contribution in [0.5, 0.6) is 11.5 Å². The predicted molar refractivity (Wildman–Crippen MR) is 81.9 cm³/mol. The van der Waals surface area contributed by atoms with Gasteiger partial charge in [0.15, 0.2) is 0 Å². The van der Waals surface area contributed by atoms with Crippen LogP contribution in [0.25, 0.3) is 0 Å². The van der Waals surface area contributed by atoms with Gasteiger partial charge in [-0.05, 0) is 51.8 Å². The molecule has 0 saturated heterocycles. The van der Waals surface area contributed by atoms with E-state index in [1.807, 2.05) is 18.2 Å². The lowest BCUT2D eigenvalue weighted by Crippen LogP contribution is -2.42. The number of hydrogen-bond acceptors (Lipinski definition) is 3. The van der Waals surface area contributed by atoms with Crippen LogP contribution in [0.4, 0.5) is 13.2 Å². The van der Waals surface area contributed by atoms with Gasteiger partial charge in [-0.3, -0.25) is 10.3 Å². The van der Waals surface area contributed by atoms with Gasteiger partial charge in [0.25, 0.3) is 0 Å². The maximum Gasteiger partial charge on any atom is 0.428 e. The zero-order chi connectivity index (χ0) is 16.5. The van der Waals surface area contributed by atoms with Crippen LogP contribution in [0.2, 0.25) is 0 Å². The van der Waals surface area contributed by atoms with E-state index in [1.54, 1.807) is 12.1 Å². The lowest BCUT2D eigenvalue weighted by Gasteiger charge is -2.28. The van der Waals surface area contributed by atoms with Crippen molar-refractivity contribution in [3.63, 3.8) is 0 Å². The topological polar surface area (TPSA) is 30.5 Å². The minimum atomic E-state index is -4.61. The summed E-state index contributed by atoms with van der Waals surface area (Å²) in [4.78, 5) is 4.81. The molecule has 2 aromatic carbocycles. The Morgan fingerprint density at radius 2 is 1.57 bits per heavy atom. The molecular weight excluding hydrogens is 375 g/mol. The second-order valence-electron chi connectivity index (χ2n) is 4.87. The molecule has 0 radical (unpaired) electrons. The smallest absolute Gasteiger partial charge is 0.428 e. The van der Waals surface area contributed by atoms with Gasteiger partial charge in [0, 0.05) is 0 Å². The Labute approximate surface area is 138 Å². The Morgan fingerprint density at radius 3 is 2.09 bits per heavy atom. The van der Waals surface area contributed by atoms with Crippen LogP contribution >= 0.6 is 15.9 Å². The Kier molecular flexibility index (Phi) is 4.08. The maximum absolute atomic E-state index is 13.5. The largest absolute Gasteiger partial charge is 0.457 e. The SMILES string of the molecule is FC(F)(F)[C@@]1(c2ccc(Oc3ccccc3)cc2)C=C(Br)NO1. The third-order valence-corrected chi connectivity index (χ3v) is 3.71. The highest BCUT2D eigenvalue weighted by Crippen LogP contribution is 2.46. The number of halogens is 4. The van der Waals surface area contributed by atoms with Gasteiger partial charge in [-0.15, -0.1) is 0 Å². The van der Waals surface area contributed by atoms with E-state index in [0.29, 0.717) is 11.5 Å². The molecule has 3 nitrogen and oxygen atoms in total. The molecule has 23 heavy (non-hydrogen) atoms. The maximum atomic E-state index is 13.5. The molecule has 1 aliphatic heterocycles. The first-order valence-electron chi connectivity index (χ1n) is 6.63. The molecule has 2 aromatic rings. The first-order valence-corrected chi connectivity index (χ1v) is 7.42. The molecule has 0 saturated carbocycles. The third kappa shape index (κ3) is 3.07. The first-order chi connectivity index (χ1) is 10.9. The van der Waals surface area contributed by atoms with Gasteiger partial charge >= 0.3 is 6.18 Å². The standard InChI is InChI=1S/C16H11BrF3NO2/c17-14-10-15(23-21-14,16(18,19)20)11-6-8-13(9-7-11)22-12-4-2-1-3-5-12/h1-10,21H/t15-/m0/s1. The van der Waals surface area contributed by atoms with Gasteiger partial charge in [0.2, 0.25) is 5.60 Å². The fraction of sp³-hybridized carbons (Fsp3) is 0.125. The van der Waals surface area contributed by atoms with Gasteiger partial charge in [0.1, 0.15) is 16.1 Å². The number of alkyl halides is 3. The monoisotopic (exact) mass is 385 g/mol. The molecule has 120 valence electrons. The van der Waals surface area contributed by atoms with Crippen molar-refractivity contribution >= 4 is 15.9 Å².